The molecule has 2 amide bonds. The Bertz CT molecular complexity index is 1080. The van der Waals surface area contributed by atoms with Crippen LogP contribution in [0.4, 0.5) is 0 Å². The highest BCUT2D eigenvalue weighted by atomic mass is 16.2. The molecule has 1 fully saturated rings. The Labute approximate surface area is 156 Å². The van der Waals surface area contributed by atoms with E-state index < -0.39 is 6.04 Å². The van der Waals surface area contributed by atoms with Crippen molar-refractivity contribution in [3.8, 4) is 12.3 Å². The number of carbonyl (C=O) groups excluding carboxylic acids is 2. The quantitative estimate of drug-likeness (QED) is 0.809. The van der Waals surface area contributed by atoms with Gasteiger partial charge in [-0.15, -0.1) is 6.42 Å². The zero-order valence-electron chi connectivity index (χ0n) is 14.8. The van der Waals surface area contributed by atoms with Crippen LogP contribution >= 0.6 is 0 Å². The number of amides is 2. The highest BCUT2D eigenvalue weighted by Gasteiger charge is 2.34. The van der Waals surface area contributed by atoms with Crippen molar-refractivity contribution in [1.82, 2.24) is 20.2 Å². The number of aromatic amines is 1. The maximum absolute atomic E-state index is 12.7. The standard InChI is InChI=1S/C21H18N4O2/c1-3-15-9-14-11-16(23-18(14)12-22-15)20(26)24-17-10-13-7-5-4-6-8-19(13)25(2)21(17)27/h1,4,6-9,11-12,17,23H,5,10H2,2H3,(H,24,26)/t17-/m0/s1. The first-order valence-electron chi connectivity index (χ1n) is 8.67. The summed E-state index contributed by atoms with van der Waals surface area (Å²) >= 11 is 0. The first-order chi connectivity index (χ1) is 13.1. The van der Waals surface area contributed by atoms with Crippen molar-refractivity contribution in [2.24, 2.45) is 0 Å². The van der Waals surface area contributed by atoms with E-state index in [4.69, 9.17) is 6.42 Å². The smallest absolute Gasteiger partial charge is 0.268 e. The molecule has 4 rings (SSSR count). The van der Waals surface area contributed by atoms with Crippen molar-refractivity contribution in [2.75, 3.05) is 7.05 Å². The van der Waals surface area contributed by atoms with E-state index >= 15 is 0 Å². The summed E-state index contributed by atoms with van der Waals surface area (Å²) in [4.78, 5) is 34.1. The number of aromatic nitrogens is 2. The molecule has 27 heavy (non-hydrogen) atoms. The Morgan fingerprint density at radius 3 is 3.11 bits per heavy atom. The van der Waals surface area contributed by atoms with Gasteiger partial charge in [0.2, 0.25) is 5.91 Å². The van der Waals surface area contributed by atoms with Gasteiger partial charge >= 0.3 is 0 Å². The summed E-state index contributed by atoms with van der Waals surface area (Å²) in [5, 5.41) is 3.65. The van der Waals surface area contributed by atoms with E-state index in [1.165, 1.54) is 0 Å². The van der Waals surface area contributed by atoms with Gasteiger partial charge in [-0.05, 0) is 30.2 Å². The van der Waals surface area contributed by atoms with Crippen LogP contribution in [0.2, 0.25) is 0 Å². The number of nitrogens with zero attached hydrogens (tertiary/aromatic N) is 2. The van der Waals surface area contributed by atoms with E-state index in [1.807, 2.05) is 18.2 Å². The van der Waals surface area contributed by atoms with E-state index in [0.29, 0.717) is 23.3 Å². The Morgan fingerprint density at radius 2 is 2.30 bits per heavy atom. The molecule has 0 bridgehead atoms. The van der Waals surface area contributed by atoms with E-state index in [-0.39, 0.29) is 11.8 Å². The average Bonchev–Trinajstić information content (AvgIpc) is 2.96. The van der Waals surface area contributed by atoms with Gasteiger partial charge in [0, 0.05) is 24.6 Å². The molecule has 2 aliphatic rings. The number of hydrogen-bond donors (Lipinski definition) is 2. The maximum atomic E-state index is 12.7. The lowest BCUT2D eigenvalue weighted by atomic mass is 9.95. The summed E-state index contributed by atoms with van der Waals surface area (Å²) in [6.45, 7) is 0. The van der Waals surface area contributed by atoms with Crippen molar-refractivity contribution in [2.45, 2.75) is 18.9 Å². The highest BCUT2D eigenvalue weighted by molar-refractivity contribution is 6.00. The fraction of sp³-hybridized carbons (Fsp3) is 0.190. The van der Waals surface area contributed by atoms with Crippen LogP contribution in [0.1, 0.15) is 29.0 Å². The largest absolute Gasteiger partial charge is 0.349 e. The number of likely N-dealkylation sites (tertiary alicyclic amines) is 1. The van der Waals surface area contributed by atoms with Gasteiger partial charge in [-0.2, -0.15) is 0 Å². The van der Waals surface area contributed by atoms with Crippen molar-refractivity contribution in [1.29, 1.82) is 0 Å². The monoisotopic (exact) mass is 358 g/mol. The summed E-state index contributed by atoms with van der Waals surface area (Å²) < 4.78 is 0. The van der Waals surface area contributed by atoms with Crippen LogP contribution in [0.3, 0.4) is 0 Å². The SMILES string of the molecule is C#Cc1cc2cc(C(=O)N[C@H]3CC4=CCC=CC=C4N(C)C3=O)[nH]c2cn1. The lowest BCUT2D eigenvalue weighted by Gasteiger charge is -2.33. The molecule has 0 unspecified atom stereocenters. The number of nitrogens with one attached hydrogen (secondary N) is 2. The second-order valence-corrected chi connectivity index (χ2v) is 6.56. The molecule has 0 aromatic carbocycles. The number of fused-ring (bicyclic) bond motifs is 2. The molecule has 0 spiro atoms. The van der Waals surface area contributed by atoms with E-state index in [9.17, 15) is 9.59 Å². The third kappa shape index (κ3) is 3.04. The van der Waals surface area contributed by atoms with Gasteiger partial charge < -0.3 is 15.2 Å². The minimum absolute atomic E-state index is 0.130. The predicted molar refractivity (Wildman–Crippen MR) is 103 cm³/mol. The first kappa shape index (κ1) is 16.9. The Balaban J connectivity index is 1.57. The normalized spacial score (nSPS) is 19.0. The van der Waals surface area contributed by atoms with Crippen LogP contribution < -0.4 is 5.32 Å². The number of H-pyrrole nitrogens is 1. The molecule has 2 N–H and O–H groups in total. The highest BCUT2D eigenvalue weighted by Crippen LogP contribution is 2.28. The molecule has 2 aromatic heterocycles. The van der Waals surface area contributed by atoms with Crippen LogP contribution in [-0.2, 0) is 4.79 Å². The Morgan fingerprint density at radius 1 is 1.44 bits per heavy atom. The van der Waals surface area contributed by atoms with Crippen LogP contribution in [0.25, 0.3) is 10.9 Å². The molecular weight excluding hydrogens is 340 g/mol. The van der Waals surface area contributed by atoms with E-state index in [1.54, 1.807) is 30.3 Å². The molecule has 1 aliphatic carbocycles. The summed E-state index contributed by atoms with van der Waals surface area (Å²) in [6, 6.07) is 2.85. The number of likely N-dealkylation sites (N-methyl/N-ethyl adjacent to an activating group) is 1. The predicted octanol–water partition coefficient (Wildman–Crippen LogP) is 2.27. The molecule has 0 radical (unpaired) electrons. The van der Waals surface area contributed by atoms with Crippen LogP contribution in [0.5, 0.6) is 0 Å². The molecule has 1 aliphatic heterocycles. The van der Waals surface area contributed by atoms with Gasteiger partial charge in [0.15, 0.2) is 0 Å². The fourth-order valence-corrected chi connectivity index (χ4v) is 3.42. The second kappa shape index (κ2) is 6.61. The average molecular weight is 358 g/mol. The number of terminal acetylenes is 1. The lowest BCUT2D eigenvalue weighted by Crippen LogP contribution is -2.50. The third-order valence-electron chi connectivity index (χ3n) is 4.84. The molecule has 3 heterocycles. The molecule has 6 heteroatoms. The number of hydrogen-bond acceptors (Lipinski definition) is 3. The molecule has 6 nitrogen and oxygen atoms in total. The number of pyridine rings is 1. The molecule has 1 saturated heterocycles. The lowest BCUT2D eigenvalue weighted by molar-refractivity contribution is -0.131. The Hall–Kier alpha value is -3.59. The topological polar surface area (TPSA) is 78.1 Å². The number of allylic oxidation sites excluding steroid dienone is 5. The van der Waals surface area contributed by atoms with Crippen LogP contribution in [0, 0.1) is 12.3 Å². The van der Waals surface area contributed by atoms with Gasteiger partial charge in [0.05, 0.1) is 11.7 Å². The van der Waals surface area contributed by atoms with Crippen molar-refractivity contribution < 1.29 is 9.59 Å². The molecule has 2 aromatic rings. The van der Waals surface area contributed by atoms with E-state index in [2.05, 4.69) is 27.3 Å². The van der Waals surface area contributed by atoms with Gasteiger partial charge in [0.25, 0.3) is 5.91 Å². The molecule has 134 valence electrons. The molecule has 0 saturated carbocycles. The first-order valence-corrected chi connectivity index (χ1v) is 8.67. The van der Waals surface area contributed by atoms with Crippen LogP contribution in [0.15, 0.2) is 53.9 Å². The van der Waals surface area contributed by atoms with Gasteiger partial charge in [-0.3, -0.25) is 9.59 Å². The van der Waals surface area contributed by atoms with Crippen molar-refractivity contribution >= 4 is 22.7 Å². The number of carbonyl (C=O) groups is 2. The van der Waals surface area contributed by atoms with Gasteiger partial charge in [-0.1, -0.05) is 24.1 Å². The minimum Gasteiger partial charge on any atom is -0.349 e. The number of piperidine rings is 1. The second-order valence-electron chi connectivity index (χ2n) is 6.56. The minimum atomic E-state index is -0.602. The van der Waals surface area contributed by atoms with E-state index in [0.717, 1.165) is 23.1 Å². The fourth-order valence-electron chi connectivity index (χ4n) is 3.42. The number of rotatable bonds is 2. The zero-order valence-corrected chi connectivity index (χ0v) is 14.8. The summed E-state index contributed by atoms with van der Waals surface area (Å²) in [7, 11) is 1.73. The summed E-state index contributed by atoms with van der Waals surface area (Å²) in [5.41, 5.74) is 3.54. The van der Waals surface area contributed by atoms with Gasteiger partial charge in [-0.25, -0.2) is 4.98 Å². The molecule has 1 atom stereocenters. The summed E-state index contributed by atoms with van der Waals surface area (Å²) in [5.74, 6) is 2.01. The van der Waals surface area contributed by atoms with Crippen molar-refractivity contribution in [3.05, 3.63) is 65.3 Å². The van der Waals surface area contributed by atoms with Crippen molar-refractivity contribution in [3.63, 3.8) is 0 Å². The third-order valence-corrected chi connectivity index (χ3v) is 4.84. The zero-order chi connectivity index (χ0) is 19.0. The molecular formula is C21H18N4O2. The van der Waals surface area contributed by atoms with Crippen LogP contribution in [-0.4, -0.2) is 39.8 Å². The Kier molecular flexibility index (Phi) is 4.13. The van der Waals surface area contributed by atoms with Gasteiger partial charge in [0.1, 0.15) is 17.4 Å². The maximum Gasteiger partial charge on any atom is 0.268 e. The summed E-state index contributed by atoms with van der Waals surface area (Å²) in [6.07, 6.45) is 16.3.